The Hall–Kier alpha value is -2.49. The summed E-state index contributed by atoms with van der Waals surface area (Å²) in [6.07, 6.45) is -0.579. The summed E-state index contributed by atoms with van der Waals surface area (Å²) in [5, 5.41) is 2.85. The zero-order chi connectivity index (χ0) is 15.4. The van der Waals surface area contributed by atoms with Gasteiger partial charge in [0.25, 0.3) is 5.91 Å². The molecule has 0 fully saturated rings. The molecule has 0 unspecified atom stereocenters. The van der Waals surface area contributed by atoms with E-state index in [1.807, 2.05) is 44.2 Å². The van der Waals surface area contributed by atoms with Gasteiger partial charge in [-0.3, -0.25) is 4.79 Å². The van der Waals surface area contributed by atoms with Crippen molar-refractivity contribution in [1.82, 2.24) is 0 Å². The van der Waals surface area contributed by atoms with E-state index in [1.54, 1.807) is 19.1 Å². The van der Waals surface area contributed by atoms with Gasteiger partial charge in [-0.05, 0) is 56.7 Å². The molecule has 2 aromatic rings. The molecule has 21 heavy (non-hydrogen) atoms. The molecule has 0 heterocycles. The van der Waals surface area contributed by atoms with E-state index >= 15 is 0 Å². The highest BCUT2D eigenvalue weighted by Gasteiger charge is 2.15. The highest BCUT2D eigenvalue weighted by molar-refractivity contribution is 5.94. The molecule has 0 aliphatic carbocycles. The lowest BCUT2D eigenvalue weighted by atomic mass is 10.1. The highest BCUT2D eigenvalue weighted by Crippen LogP contribution is 2.19. The Balaban J connectivity index is 2.00. The molecule has 2 aromatic carbocycles. The average Bonchev–Trinajstić information content (AvgIpc) is 2.44. The summed E-state index contributed by atoms with van der Waals surface area (Å²) in [6.45, 7) is 5.63. The van der Waals surface area contributed by atoms with Crippen LogP contribution in [0.1, 0.15) is 18.1 Å². The molecule has 110 valence electrons. The molecule has 0 saturated carbocycles. The molecule has 0 aliphatic heterocycles. The largest absolute Gasteiger partial charge is 0.481 e. The zero-order valence-corrected chi connectivity index (χ0v) is 12.5. The van der Waals surface area contributed by atoms with Crippen molar-refractivity contribution in [2.24, 2.45) is 0 Å². The lowest BCUT2D eigenvalue weighted by molar-refractivity contribution is -0.122. The van der Waals surface area contributed by atoms with Crippen LogP contribution in [0.5, 0.6) is 5.75 Å². The number of amides is 1. The smallest absolute Gasteiger partial charge is 0.265 e. The molecule has 1 amide bonds. The summed E-state index contributed by atoms with van der Waals surface area (Å²) in [7, 11) is 0. The first kappa shape index (κ1) is 14.9. The van der Waals surface area contributed by atoms with Gasteiger partial charge in [0.1, 0.15) is 5.75 Å². The summed E-state index contributed by atoms with van der Waals surface area (Å²) < 4.78 is 5.63. The van der Waals surface area contributed by atoms with E-state index in [0.29, 0.717) is 11.4 Å². The Morgan fingerprint density at radius 3 is 2.43 bits per heavy atom. The maximum atomic E-state index is 12.2. The molecule has 0 aliphatic rings. The minimum Gasteiger partial charge on any atom is -0.481 e. The predicted molar refractivity (Wildman–Crippen MR) is 85.5 cm³/mol. The molecular formula is C17H20N2O2. The van der Waals surface area contributed by atoms with Crippen molar-refractivity contribution in [2.75, 3.05) is 11.1 Å². The molecule has 3 N–H and O–H groups in total. The third-order valence-electron chi connectivity index (χ3n) is 3.21. The number of anilines is 2. The third kappa shape index (κ3) is 3.99. The van der Waals surface area contributed by atoms with E-state index in [-0.39, 0.29) is 5.91 Å². The van der Waals surface area contributed by atoms with Crippen LogP contribution in [0.3, 0.4) is 0 Å². The van der Waals surface area contributed by atoms with Crippen molar-refractivity contribution in [2.45, 2.75) is 26.9 Å². The topological polar surface area (TPSA) is 64.3 Å². The van der Waals surface area contributed by atoms with Gasteiger partial charge in [-0.15, -0.1) is 0 Å². The highest BCUT2D eigenvalue weighted by atomic mass is 16.5. The van der Waals surface area contributed by atoms with Crippen molar-refractivity contribution in [1.29, 1.82) is 0 Å². The van der Waals surface area contributed by atoms with Crippen LogP contribution < -0.4 is 15.8 Å². The van der Waals surface area contributed by atoms with Gasteiger partial charge in [0.15, 0.2) is 6.10 Å². The van der Waals surface area contributed by atoms with E-state index in [4.69, 9.17) is 10.5 Å². The van der Waals surface area contributed by atoms with E-state index < -0.39 is 6.10 Å². The lowest BCUT2D eigenvalue weighted by Gasteiger charge is -2.16. The van der Waals surface area contributed by atoms with Gasteiger partial charge in [0.05, 0.1) is 0 Å². The fraction of sp³-hybridized carbons (Fsp3) is 0.235. The van der Waals surface area contributed by atoms with Crippen molar-refractivity contribution in [3.63, 3.8) is 0 Å². The van der Waals surface area contributed by atoms with Gasteiger partial charge in [-0.25, -0.2) is 0 Å². The molecule has 0 saturated heterocycles. The Bertz CT molecular complexity index is 636. The standard InChI is InChI=1S/C17H20N2O2/c1-11-4-7-15(8-5-11)21-13(3)17(20)19-16-9-6-14(18)10-12(16)2/h4-10,13H,18H2,1-3H3,(H,19,20)/t13-/m1/s1. The number of nitrogen functional groups attached to an aromatic ring is 1. The van der Waals surface area contributed by atoms with Crippen LogP contribution in [-0.2, 0) is 4.79 Å². The molecule has 4 nitrogen and oxygen atoms in total. The minimum atomic E-state index is -0.579. The minimum absolute atomic E-state index is 0.191. The number of aryl methyl sites for hydroxylation is 2. The third-order valence-corrected chi connectivity index (χ3v) is 3.21. The van der Waals surface area contributed by atoms with Crippen molar-refractivity contribution in [3.8, 4) is 5.75 Å². The Labute approximate surface area is 124 Å². The lowest BCUT2D eigenvalue weighted by Crippen LogP contribution is -2.30. The first-order chi connectivity index (χ1) is 9.95. The first-order valence-corrected chi connectivity index (χ1v) is 6.86. The van der Waals surface area contributed by atoms with Crippen LogP contribution in [0.4, 0.5) is 11.4 Å². The maximum absolute atomic E-state index is 12.2. The quantitative estimate of drug-likeness (QED) is 0.847. The molecule has 0 spiro atoms. The Morgan fingerprint density at radius 2 is 1.81 bits per heavy atom. The van der Waals surface area contributed by atoms with Gasteiger partial charge in [0, 0.05) is 11.4 Å². The van der Waals surface area contributed by atoms with Crippen molar-refractivity contribution in [3.05, 3.63) is 53.6 Å². The van der Waals surface area contributed by atoms with Crippen LogP contribution >= 0.6 is 0 Å². The van der Waals surface area contributed by atoms with E-state index in [0.717, 1.165) is 16.8 Å². The van der Waals surface area contributed by atoms with Crippen molar-refractivity contribution < 1.29 is 9.53 Å². The van der Waals surface area contributed by atoms with Crippen LogP contribution in [-0.4, -0.2) is 12.0 Å². The SMILES string of the molecule is Cc1ccc(O[C@H](C)C(=O)Nc2ccc(N)cc2C)cc1. The van der Waals surface area contributed by atoms with Crippen LogP contribution in [0, 0.1) is 13.8 Å². The normalized spacial score (nSPS) is 11.8. The number of ether oxygens (including phenoxy) is 1. The van der Waals surface area contributed by atoms with Gasteiger partial charge in [-0.2, -0.15) is 0 Å². The fourth-order valence-electron chi connectivity index (χ4n) is 1.94. The monoisotopic (exact) mass is 284 g/mol. The van der Waals surface area contributed by atoms with E-state index in [1.165, 1.54) is 0 Å². The maximum Gasteiger partial charge on any atom is 0.265 e. The van der Waals surface area contributed by atoms with Gasteiger partial charge < -0.3 is 15.8 Å². The Morgan fingerprint density at radius 1 is 1.14 bits per heavy atom. The summed E-state index contributed by atoms with van der Waals surface area (Å²) in [5.74, 6) is 0.487. The fourth-order valence-corrected chi connectivity index (χ4v) is 1.94. The second-order valence-corrected chi connectivity index (χ2v) is 5.14. The molecular weight excluding hydrogens is 264 g/mol. The van der Waals surface area contributed by atoms with Crippen molar-refractivity contribution >= 4 is 17.3 Å². The Kier molecular flexibility index (Phi) is 4.48. The second kappa shape index (κ2) is 6.31. The van der Waals surface area contributed by atoms with Gasteiger partial charge >= 0.3 is 0 Å². The summed E-state index contributed by atoms with van der Waals surface area (Å²) >= 11 is 0. The summed E-state index contributed by atoms with van der Waals surface area (Å²) in [6, 6.07) is 13.0. The molecule has 4 heteroatoms. The molecule has 1 atom stereocenters. The first-order valence-electron chi connectivity index (χ1n) is 6.86. The number of nitrogens with two attached hydrogens (primary N) is 1. The number of benzene rings is 2. The van der Waals surface area contributed by atoms with Crippen LogP contribution in [0.25, 0.3) is 0 Å². The van der Waals surface area contributed by atoms with E-state index in [2.05, 4.69) is 5.32 Å². The number of nitrogens with one attached hydrogen (secondary N) is 1. The van der Waals surface area contributed by atoms with Crippen LogP contribution in [0.2, 0.25) is 0 Å². The molecule has 2 rings (SSSR count). The van der Waals surface area contributed by atoms with Gasteiger partial charge in [-0.1, -0.05) is 17.7 Å². The second-order valence-electron chi connectivity index (χ2n) is 5.14. The predicted octanol–water partition coefficient (Wildman–Crippen LogP) is 3.29. The molecule has 0 bridgehead atoms. The van der Waals surface area contributed by atoms with Crippen LogP contribution in [0.15, 0.2) is 42.5 Å². The zero-order valence-electron chi connectivity index (χ0n) is 12.5. The number of carbonyl (C=O) groups is 1. The number of carbonyl (C=O) groups excluding carboxylic acids is 1. The summed E-state index contributed by atoms with van der Waals surface area (Å²) in [4.78, 5) is 12.2. The molecule has 0 radical (unpaired) electrons. The number of hydrogen-bond donors (Lipinski definition) is 2. The van der Waals surface area contributed by atoms with Gasteiger partial charge in [0.2, 0.25) is 0 Å². The number of rotatable bonds is 4. The summed E-state index contributed by atoms with van der Waals surface area (Å²) in [5.41, 5.74) is 9.19. The molecule has 0 aromatic heterocycles. The van der Waals surface area contributed by atoms with E-state index in [9.17, 15) is 4.79 Å². The number of hydrogen-bond acceptors (Lipinski definition) is 3. The average molecular weight is 284 g/mol.